The Labute approximate surface area is 433 Å². The van der Waals surface area contributed by atoms with Crippen LogP contribution in [-0.2, 0) is 28.6 Å². The maximum atomic E-state index is 12.9. The van der Waals surface area contributed by atoms with Crippen molar-refractivity contribution in [2.75, 3.05) is 13.2 Å². The summed E-state index contributed by atoms with van der Waals surface area (Å²) >= 11 is 0. The van der Waals surface area contributed by atoms with Crippen LogP contribution in [0.25, 0.3) is 0 Å². The van der Waals surface area contributed by atoms with Crippen molar-refractivity contribution in [2.24, 2.45) is 0 Å². The highest BCUT2D eigenvalue weighted by atomic mass is 16.6. The fraction of sp³-hybridized carbons (Fsp3) is 0.766. The lowest BCUT2D eigenvalue weighted by Crippen LogP contribution is -2.30. The van der Waals surface area contributed by atoms with E-state index in [0.717, 1.165) is 103 Å². The molecule has 0 amide bonds. The van der Waals surface area contributed by atoms with Crippen molar-refractivity contribution in [3.8, 4) is 0 Å². The lowest BCUT2D eigenvalue weighted by atomic mass is 10.0. The quantitative estimate of drug-likeness (QED) is 0.0261. The highest BCUT2D eigenvalue weighted by Gasteiger charge is 2.19. The van der Waals surface area contributed by atoms with Gasteiger partial charge in [0, 0.05) is 19.3 Å². The van der Waals surface area contributed by atoms with Gasteiger partial charge in [0.05, 0.1) is 0 Å². The summed E-state index contributed by atoms with van der Waals surface area (Å²) in [4.78, 5) is 38.2. The van der Waals surface area contributed by atoms with E-state index >= 15 is 0 Å². The largest absolute Gasteiger partial charge is 0.462 e. The molecule has 1 atom stereocenters. The normalized spacial score (nSPS) is 12.6. The highest BCUT2D eigenvalue weighted by Crippen LogP contribution is 2.16. The molecule has 0 aliphatic carbocycles. The molecule has 0 heterocycles. The molecule has 0 aliphatic rings. The zero-order valence-electron chi connectivity index (χ0n) is 46.3. The summed E-state index contributed by atoms with van der Waals surface area (Å²) in [5.74, 6) is -0.883. The summed E-state index contributed by atoms with van der Waals surface area (Å²) in [5, 5.41) is 0. The van der Waals surface area contributed by atoms with Gasteiger partial charge >= 0.3 is 17.9 Å². The predicted octanol–water partition coefficient (Wildman–Crippen LogP) is 20.2. The molecular formula is C64H112O6. The highest BCUT2D eigenvalue weighted by molar-refractivity contribution is 5.71. The maximum absolute atomic E-state index is 12.9. The van der Waals surface area contributed by atoms with Crippen LogP contribution >= 0.6 is 0 Å². The number of rotatable bonds is 54. The van der Waals surface area contributed by atoms with Crippen LogP contribution in [0.2, 0.25) is 0 Å². The molecular weight excluding hydrogens is 865 g/mol. The third-order valence-corrected chi connectivity index (χ3v) is 12.9. The topological polar surface area (TPSA) is 78.9 Å². The molecule has 0 aromatic rings. The number of hydrogen-bond acceptors (Lipinski definition) is 6. The van der Waals surface area contributed by atoms with E-state index < -0.39 is 6.10 Å². The molecule has 0 saturated heterocycles. The molecule has 6 heteroatoms. The lowest BCUT2D eigenvalue weighted by Gasteiger charge is -2.18. The molecule has 0 saturated carbocycles. The van der Waals surface area contributed by atoms with Crippen LogP contribution in [0.5, 0.6) is 0 Å². The summed E-state index contributed by atoms with van der Waals surface area (Å²) in [6.45, 7) is 6.52. The first-order valence-corrected chi connectivity index (χ1v) is 29.9. The summed E-state index contributed by atoms with van der Waals surface area (Å²) in [6, 6.07) is 0. The molecule has 70 heavy (non-hydrogen) atoms. The van der Waals surface area contributed by atoms with Gasteiger partial charge in [-0.25, -0.2) is 0 Å². The van der Waals surface area contributed by atoms with Crippen molar-refractivity contribution in [2.45, 2.75) is 303 Å². The minimum Gasteiger partial charge on any atom is -0.462 e. The molecule has 0 N–H and O–H groups in total. The minimum atomic E-state index is -0.782. The summed E-state index contributed by atoms with van der Waals surface area (Å²) in [7, 11) is 0. The van der Waals surface area contributed by atoms with Crippen LogP contribution in [0.15, 0.2) is 72.9 Å². The number of carbonyl (C=O) groups is 3. The van der Waals surface area contributed by atoms with Crippen LogP contribution in [0.3, 0.4) is 0 Å². The Morgan fingerprint density at radius 2 is 0.557 bits per heavy atom. The van der Waals surface area contributed by atoms with Gasteiger partial charge < -0.3 is 14.2 Å². The average Bonchev–Trinajstić information content (AvgIpc) is 3.36. The second-order valence-corrected chi connectivity index (χ2v) is 19.9. The van der Waals surface area contributed by atoms with Crippen LogP contribution in [0.1, 0.15) is 297 Å². The van der Waals surface area contributed by atoms with Crippen molar-refractivity contribution < 1.29 is 28.6 Å². The van der Waals surface area contributed by atoms with Gasteiger partial charge in [-0.05, 0) is 89.9 Å². The van der Waals surface area contributed by atoms with E-state index in [0.29, 0.717) is 19.3 Å². The zero-order chi connectivity index (χ0) is 50.7. The SMILES string of the molecule is CC/C=C\C/C=C\C/C=C\C/C=C\CCCCCCCCCCC(=O)OCC(COC(=O)CCCCCCCCCCCCCCC)OC(=O)CCCCCCCCC/C=C\C/C=C\CCCCCC. The molecule has 404 valence electrons. The van der Waals surface area contributed by atoms with Crippen molar-refractivity contribution in [3.05, 3.63) is 72.9 Å². The molecule has 0 aliphatic heterocycles. The van der Waals surface area contributed by atoms with Crippen molar-refractivity contribution in [1.82, 2.24) is 0 Å². The van der Waals surface area contributed by atoms with Crippen LogP contribution in [0.4, 0.5) is 0 Å². The molecule has 0 aromatic carbocycles. The zero-order valence-corrected chi connectivity index (χ0v) is 46.3. The van der Waals surface area contributed by atoms with E-state index in [-0.39, 0.29) is 31.1 Å². The molecule has 0 spiro atoms. The maximum Gasteiger partial charge on any atom is 0.306 e. The van der Waals surface area contributed by atoms with Crippen molar-refractivity contribution in [1.29, 1.82) is 0 Å². The first-order chi connectivity index (χ1) is 34.5. The Morgan fingerprint density at radius 3 is 0.886 bits per heavy atom. The molecule has 6 nitrogen and oxygen atoms in total. The molecule has 0 radical (unpaired) electrons. The fourth-order valence-electron chi connectivity index (χ4n) is 8.47. The smallest absolute Gasteiger partial charge is 0.306 e. The third kappa shape index (κ3) is 55.8. The van der Waals surface area contributed by atoms with Crippen LogP contribution < -0.4 is 0 Å². The fourth-order valence-corrected chi connectivity index (χ4v) is 8.47. The van der Waals surface area contributed by atoms with E-state index in [4.69, 9.17) is 14.2 Å². The number of ether oxygens (including phenoxy) is 3. The molecule has 0 fully saturated rings. The van der Waals surface area contributed by atoms with Crippen molar-refractivity contribution >= 4 is 17.9 Å². The number of hydrogen-bond donors (Lipinski definition) is 0. The van der Waals surface area contributed by atoms with E-state index in [9.17, 15) is 14.4 Å². The van der Waals surface area contributed by atoms with E-state index in [1.165, 1.54) is 154 Å². The minimum absolute atomic E-state index is 0.0786. The van der Waals surface area contributed by atoms with Gasteiger partial charge in [-0.3, -0.25) is 14.4 Å². The average molecular weight is 978 g/mol. The lowest BCUT2D eigenvalue weighted by molar-refractivity contribution is -0.167. The van der Waals surface area contributed by atoms with Gasteiger partial charge in [0.2, 0.25) is 0 Å². The van der Waals surface area contributed by atoms with Crippen molar-refractivity contribution in [3.63, 3.8) is 0 Å². The number of allylic oxidation sites excluding steroid dienone is 12. The van der Waals surface area contributed by atoms with Gasteiger partial charge in [0.25, 0.3) is 0 Å². The summed E-state index contributed by atoms with van der Waals surface area (Å²) in [6.07, 6.45) is 74.6. The van der Waals surface area contributed by atoms with Gasteiger partial charge in [0.1, 0.15) is 13.2 Å². The van der Waals surface area contributed by atoms with Gasteiger partial charge in [0.15, 0.2) is 6.10 Å². The Balaban J connectivity index is 4.37. The molecule has 0 bridgehead atoms. The number of unbranched alkanes of at least 4 members (excludes halogenated alkanes) is 31. The first-order valence-electron chi connectivity index (χ1n) is 29.9. The van der Waals surface area contributed by atoms with Crippen LogP contribution in [0, 0.1) is 0 Å². The standard InChI is InChI=1S/C64H112O6/c1-4-7-10-13-16-19-22-25-27-29-31-32-33-35-36-39-42-45-48-51-54-57-63(66)69-60-61(59-68-62(65)56-53-50-47-44-41-38-24-21-18-15-12-9-6-3)70-64(67)58-55-52-49-46-43-40-37-34-30-28-26-23-20-17-14-11-8-5-2/h7,10,16,19-20,23,25,27-28,30-32,61H,4-6,8-9,11-15,17-18,21-22,24,26,29,33-60H2,1-3H3/b10-7-,19-16-,23-20-,27-25-,30-28-,32-31-. The predicted molar refractivity (Wildman–Crippen MR) is 302 cm³/mol. The third-order valence-electron chi connectivity index (χ3n) is 12.9. The Bertz CT molecular complexity index is 1310. The Morgan fingerprint density at radius 1 is 0.300 bits per heavy atom. The number of esters is 3. The first kappa shape index (κ1) is 66.9. The molecule has 0 rings (SSSR count). The van der Waals surface area contributed by atoms with Gasteiger partial charge in [-0.1, -0.05) is 261 Å². The van der Waals surface area contributed by atoms with E-state index in [1.807, 2.05) is 0 Å². The summed E-state index contributed by atoms with van der Waals surface area (Å²) < 4.78 is 16.9. The Hall–Kier alpha value is -3.15. The second-order valence-electron chi connectivity index (χ2n) is 19.9. The van der Waals surface area contributed by atoms with Gasteiger partial charge in [-0.2, -0.15) is 0 Å². The van der Waals surface area contributed by atoms with Crippen LogP contribution in [-0.4, -0.2) is 37.2 Å². The van der Waals surface area contributed by atoms with Gasteiger partial charge in [-0.15, -0.1) is 0 Å². The monoisotopic (exact) mass is 977 g/mol. The second kappa shape index (κ2) is 58.4. The van der Waals surface area contributed by atoms with E-state index in [2.05, 4.69) is 93.7 Å². The van der Waals surface area contributed by atoms with E-state index in [1.54, 1.807) is 0 Å². The Kier molecular flexibility index (Phi) is 55.8. The molecule has 0 aromatic heterocycles. The number of carbonyl (C=O) groups excluding carboxylic acids is 3. The molecule has 1 unspecified atom stereocenters. The summed E-state index contributed by atoms with van der Waals surface area (Å²) in [5.41, 5.74) is 0.